The number of fused-ring (bicyclic) bond motifs is 2. The van der Waals surface area contributed by atoms with Crippen molar-refractivity contribution in [2.75, 3.05) is 13.2 Å². The normalized spacial score (nSPS) is 47.4. The van der Waals surface area contributed by atoms with E-state index in [-0.39, 0.29) is 12.0 Å². The molecule has 14 heavy (non-hydrogen) atoms. The highest BCUT2D eigenvalue weighted by Gasteiger charge is 2.46. The van der Waals surface area contributed by atoms with Crippen LogP contribution >= 0.6 is 0 Å². The molecule has 1 N–H and O–H groups in total. The van der Waals surface area contributed by atoms with Gasteiger partial charge < -0.3 is 9.84 Å². The summed E-state index contributed by atoms with van der Waals surface area (Å²) < 4.78 is 5.78. The van der Waals surface area contributed by atoms with Crippen LogP contribution < -0.4 is 0 Å². The predicted octanol–water partition coefficient (Wildman–Crippen LogP) is 1.99. The summed E-state index contributed by atoms with van der Waals surface area (Å²) in [5.74, 6) is 0.961. The van der Waals surface area contributed by atoms with Gasteiger partial charge in [0.1, 0.15) is 0 Å². The van der Waals surface area contributed by atoms with Crippen molar-refractivity contribution in [3.05, 3.63) is 11.6 Å². The first kappa shape index (κ1) is 10.2. The van der Waals surface area contributed by atoms with Gasteiger partial charge in [0.05, 0.1) is 19.3 Å². The molecule has 0 saturated carbocycles. The number of rotatable bonds is 1. The number of aliphatic hydroxyl groups is 1. The molecule has 0 aromatic heterocycles. The SMILES string of the molecule is CC1=C[C@H](C)[C@@]2(CO)CO[C@@H](C)[C@H]1C2. The van der Waals surface area contributed by atoms with Gasteiger partial charge in [0.15, 0.2) is 0 Å². The Morgan fingerprint density at radius 2 is 2.29 bits per heavy atom. The first-order valence-electron chi connectivity index (χ1n) is 5.50. The zero-order valence-electron chi connectivity index (χ0n) is 9.29. The maximum absolute atomic E-state index is 9.53. The molecule has 0 radical (unpaired) electrons. The predicted molar refractivity (Wildman–Crippen MR) is 56.0 cm³/mol. The summed E-state index contributed by atoms with van der Waals surface area (Å²) in [7, 11) is 0. The maximum Gasteiger partial charge on any atom is 0.0612 e. The van der Waals surface area contributed by atoms with Gasteiger partial charge in [-0.05, 0) is 26.2 Å². The summed E-state index contributed by atoms with van der Waals surface area (Å²) in [5, 5.41) is 9.53. The van der Waals surface area contributed by atoms with Crippen LogP contribution in [0.4, 0.5) is 0 Å². The van der Waals surface area contributed by atoms with Gasteiger partial charge >= 0.3 is 0 Å². The van der Waals surface area contributed by atoms with Gasteiger partial charge in [-0.25, -0.2) is 0 Å². The summed E-state index contributed by atoms with van der Waals surface area (Å²) in [4.78, 5) is 0. The van der Waals surface area contributed by atoms with E-state index < -0.39 is 0 Å². The first-order valence-corrected chi connectivity index (χ1v) is 5.50. The lowest BCUT2D eigenvalue weighted by Gasteiger charge is -2.49. The van der Waals surface area contributed by atoms with E-state index in [1.165, 1.54) is 5.57 Å². The molecule has 0 aromatic rings. The van der Waals surface area contributed by atoms with E-state index in [2.05, 4.69) is 26.8 Å². The van der Waals surface area contributed by atoms with Gasteiger partial charge in [0.2, 0.25) is 0 Å². The lowest BCUT2D eigenvalue weighted by atomic mass is 9.63. The van der Waals surface area contributed by atoms with Crippen molar-refractivity contribution in [2.24, 2.45) is 17.3 Å². The van der Waals surface area contributed by atoms with Crippen LogP contribution in [0.15, 0.2) is 11.6 Å². The number of aliphatic hydroxyl groups excluding tert-OH is 1. The van der Waals surface area contributed by atoms with Crippen LogP contribution in [0.25, 0.3) is 0 Å². The number of allylic oxidation sites excluding steroid dienone is 1. The second-order valence-corrected chi connectivity index (χ2v) is 5.05. The van der Waals surface area contributed by atoms with Crippen LogP contribution in [0.5, 0.6) is 0 Å². The Bertz CT molecular complexity index is 259. The van der Waals surface area contributed by atoms with Gasteiger partial charge in [0, 0.05) is 11.3 Å². The average molecular weight is 196 g/mol. The van der Waals surface area contributed by atoms with Crippen molar-refractivity contribution in [1.82, 2.24) is 0 Å². The molecule has 0 spiro atoms. The van der Waals surface area contributed by atoms with E-state index in [9.17, 15) is 5.11 Å². The fourth-order valence-electron chi connectivity index (χ4n) is 2.87. The van der Waals surface area contributed by atoms with Gasteiger partial charge in [-0.3, -0.25) is 0 Å². The second kappa shape index (κ2) is 3.35. The van der Waals surface area contributed by atoms with E-state index >= 15 is 0 Å². The highest BCUT2D eigenvalue weighted by atomic mass is 16.5. The molecular formula is C12H20O2. The van der Waals surface area contributed by atoms with Crippen molar-refractivity contribution in [3.8, 4) is 0 Å². The van der Waals surface area contributed by atoms with Gasteiger partial charge in [0.25, 0.3) is 0 Å². The standard InChI is InChI=1S/C12H20O2/c1-8-4-9(2)12(6-13)5-11(8)10(3)14-7-12/h4,9-11,13H,5-7H2,1-3H3/t9-,10-,11-,12-/m0/s1. The molecule has 2 rings (SSSR count). The molecule has 2 bridgehead atoms. The zero-order chi connectivity index (χ0) is 10.3. The van der Waals surface area contributed by atoms with Gasteiger partial charge in [-0.15, -0.1) is 0 Å². The topological polar surface area (TPSA) is 29.5 Å². The minimum Gasteiger partial charge on any atom is -0.396 e. The summed E-state index contributed by atoms with van der Waals surface area (Å²) in [6.07, 6.45) is 3.73. The van der Waals surface area contributed by atoms with Crippen LogP contribution in [0.2, 0.25) is 0 Å². The van der Waals surface area contributed by atoms with Crippen molar-refractivity contribution in [1.29, 1.82) is 0 Å². The minimum atomic E-state index is -0.00329. The Balaban J connectivity index is 2.33. The van der Waals surface area contributed by atoms with Gasteiger partial charge in [-0.2, -0.15) is 0 Å². The molecule has 2 heteroatoms. The summed E-state index contributed by atoms with van der Waals surface area (Å²) >= 11 is 0. The number of ether oxygens (including phenoxy) is 1. The van der Waals surface area contributed by atoms with E-state index in [4.69, 9.17) is 4.74 Å². The zero-order valence-corrected chi connectivity index (χ0v) is 9.29. The monoisotopic (exact) mass is 196 g/mol. The minimum absolute atomic E-state index is 0.00329. The van der Waals surface area contributed by atoms with Crippen molar-refractivity contribution in [3.63, 3.8) is 0 Å². The Labute approximate surface area is 86.0 Å². The third-order valence-electron chi connectivity index (χ3n) is 4.21. The van der Waals surface area contributed by atoms with E-state index in [0.29, 0.717) is 24.5 Å². The molecule has 0 unspecified atom stereocenters. The summed E-state index contributed by atoms with van der Waals surface area (Å²) in [5.41, 5.74) is 1.44. The highest BCUT2D eigenvalue weighted by molar-refractivity contribution is 5.17. The van der Waals surface area contributed by atoms with Crippen LogP contribution in [0, 0.1) is 17.3 Å². The molecule has 1 heterocycles. The molecule has 2 nitrogen and oxygen atoms in total. The van der Waals surface area contributed by atoms with Crippen LogP contribution in [-0.4, -0.2) is 24.4 Å². The van der Waals surface area contributed by atoms with Crippen LogP contribution in [-0.2, 0) is 4.74 Å². The summed E-state index contributed by atoms with van der Waals surface area (Å²) in [6.45, 7) is 7.48. The van der Waals surface area contributed by atoms with Crippen molar-refractivity contribution in [2.45, 2.75) is 33.3 Å². The Morgan fingerprint density at radius 3 is 2.93 bits per heavy atom. The molecule has 1 aliphatic carbocycles. The lowest BCUT2D eigenvalue weighted by molar-refractivity contribution is -0.121. The molecule has 80 valence electrons. The Hall–Kier alpha value is -0.340. The van der Waals surface area contributed by atoms with Crippen molar-refractivity contribution < 1.29 is 9.84 Å². The molecule has 1 fully saturated rings. The first-order chi connectivity index (χ1) is 6.59. The maximum atomic E-state index is 9.53. The fraction of sp³-hybridized carbons (Fsp3) is 0.833. The van der Waals surface area contributed by atoms with E-state index in [1.807, 2.05) is 0 Å². The molecular weight excluding hydrogens is 176 g/mol. The van der Waals surface area contributed by atoms with E-state index in [0.717, 1.165) is 6.42 Å². The Kier molecular flexibility index (Phi) is 2.44. The fourth-order valence-corrected chi connectivity index (χ4v) is 2.87. The third-order valence-corrected chi connectivity index (χ3v) is 4.21. The molecule has 1 aliphatic heterocycles. The van der Waals surface area contributed by atoms with Crippen molar-refractivity contribution >= 4 is 0 Å². The highest BCUT2D eigenvalue weighted by Crippen LogP contribution is 2.47. The number of hydrogen-bond acceptors (Lipinski definition) is 2. The van der Waals surface area contributed by atoms with Gasteiger partial charge in [-0.1, -0.05) is 18.6 Å². The third kappa shape index (κ3) is 1.32. The molecule has 1 saturated heterocycles. The lowest BCUT2D eigenvalue weighted by Crippen LogP contribution is -2.49. The average Bonchev–Trinajstić information content (AvgIpc) is 2.17. The molecule has 0 amide bonds. The van der Waals surface area contributed by atoms with Crippen LogP contribution in [0.1, 0.15) is 27.2 Å². The Morgan fingerprint density at radius 1 is 1.57 bits per heavy atom. The molecule has 0 aromatic carbocycles. The molecule has 2 aliphatic rings. The summed E-state index contributed by atoms with van der Waals surface area (Å²) in [6, 6.07) is 0. The van der Waals surface area contributed by atoms with Crippen LogP contribution in [0.3, 0.4) is 0 Å². The quantitative estimate of drug-likeness (QED) is 0.650. The molecule has 4 atom stereocenters. The van der Waals surface area contributed by atoms with E-state index in [1.54, 1.807) is 0 Å². The smallest absolute Gasteiger partial charge is 0.0612 e. The number of hydrogen-bond donors (Lipinski definition) is 1. The second-order valence-electron chi connectivity index (χ2n) is 5.05. The largest absolute Gasteiger partial charge is 0.396 e.